The number of allylic oxidation sites excluding steroid dienone is 2. The lowest BCUT2D eigenvalue weighted by atomic mass is 10.1. The molecule has 1 aromatic carbocycles. The van der Waals surface area contributed by atoms with Crippen LogP contribution in [0.2, 0.25) is 0 Å². The highest BCUT2D eigenvalue weighted by molar-refractivity contribution is 5.85. The SMILES string of the molecule is O=C(O)c1cc(COC2=Cc3oc4ccccc4c3CC=C2)c(C(F)F)o1. The highest BCUT2D eigenvalue weighted by Gasteiger charge is 2.23. The van der Waals surface area contributed by atoms with E-state index < -0.39 is 23.9 Å². The van der Waals surface area contributed by atoms with Crippen molar-refractivity contribution in [2.45, 2.75) is 19.5 Å². The Morgan fingerprint density at radius 1 is 1.26 bits per heavy atom. The van der Waals surface area contributed by atoms with Crippen molar-refractivity contribution in [3.8, 4) is 0 Å². The molecule has 0 amide bonds. The minimum absolute atomic E-state index is 0.00854. The van der Waals surface area contributed by atoms with Crippen LogP contribution in [-0.4, -0.2) is 11.1 Å². The van der Waals surface area contributed by atoms with Crippen LogP contribution in [0.25, 0.3) is 17.0 Å². The van der Waals surface area contributed by atoms with Crippen LogP contribution in [0.1, 0.15) is 39.6 Å². The van der Waals surface area contributed by atoms with Crippen molar-refractivity contribution in [3.63, 3.8) is 0 Å². The molecule has 0 saturated carbocycles. The smallest absolute Gasteiger partial charge is 0.371 e. The number of rotatable bonds is 5. The summed E-state index contributed by atoms with van der Waals surface area (Å²) in [5.41, 5.74) is 1.77. The second kappa shape index (κ2) is 6.75. The summed E-state index contributed by atoms with van der Waals surface area (Å²) in [4.78, 5) is 10.9. The third kappa shape index (κ3) is 3.23. The molecule has 0 spiro atoms. The minimum Gasteiger partial charge on any atom is -0.489 e. The van der Waals surface area contributed by atoms with E-state index in [0.29, 0.717) is 17.9 Å². The average molecular weight is 372 g/mol. The standard InChI is InChI=1S/C20H14F2O5/c21-19(22)18-11(8-17(27-18)20(23)24)10-25-12-4-3-6-14-13-5-1-2-7-15(13)26-16(14)9-12/h1-5,7-9,19H,6,10H2,(H,23,24). The van der Waals surface area contributed by atoms with E-state index in [4.69, 9.17) is 18.7 Å². The Labute approximate surface area is 152 Å². The number of fused-ring (bicyclic) bond motifs is 3. The largest absolute Gasteiger partial charge is 0.489 e. The van der Waals surface area contributed by atoms with Gasteiger partial charge in [0.2, 0.25) is 5.76 Å². The fraction of sp³-hybridized carbons (Fsp3) is 0.150. The fourth-order valence-corrected chi connectivity index (χ4v) is 3.01. The Morgan fingerprint density at radius 2 is 2.07 bits per heavy atom. The summed E-state index contributed by atoms with van der Waals surface area (Å²) in [5.74, 6) is -1.60. The molecule has 4 rings (SSSR count). The number of benzene rings is 1. The topological polar surface area (TPSA) is 72.8 Å². The molecule has 0 radical (unpaired) electrons. The molecule has 0 atom stereocenters. The van der Waals surface area contributed by atoms with Crippen molar-refractivity contribution in [3.05, 3.63) is 76.7 Å². The fourth-order valence-electron chi connectivity index (χ4n) is 3.01. The van der Waals surface area contributed by atoms with Gasteiger partial charge in [-0.1, -0.05) is 24.3 Å². The van der Waals surface area contributed by atoms with Gasteiger partial charge in [0.25, 0.3) is 6.43 Å². The van der Waals surface area contributed by atoms with Crippen molar-refractivity contribution in [1.82, 2.24) is 0 Å². The maximum atomic E-state index is 13.1. The molecule has 1 aliphatic carbocycles. The van der Waals surface area contributed by atoms with E-state index >= 15 is 0 Å². The zero-order valence-electron chi connectivity index (χ0n) is 13.9. The first-order chi connectivity index (χ1) is 13.0. The number of hydrogen-bond acceptors (Lipinski definition) is 4. The number of para-hydroxylation sites is 1. The monoisotopic (exact) mass is 372 g/mol. The Kier molecular flexibility index (Phi) is 4.27. The minimum atomic E-state index is -2.93. The number of aromatic carboxylic acids is 1. The van der Waals surface area contributed by atoms with Gasteiger partial charge in [0.05, 0.1) is 0 Å². The third-order valence-corrected chi connectivity index (χ3v) is 4.25. The molecule has 0 fully saturated rings. The second-order valence-electron chi connectivity index (χ2n) is 5.99. The molecule has 1 aliphatic rings. The van der Waals surface area contributed by atoms with Crippen LogP contribution >= 0.6 is 0 Å². The summed E-state index contributed by atoms with van der Waals surface area (Å²) in [6.45, 7) is -0.248. The third-order valence-electron chi connectivity index (χ3n) is 4.25. The van der Waals surface area contributed by atoms with Gasteiger partial charge in [-0.25, -0.2) is 13.6 Å². The summed E-state index contributed by atoms with van der Waals surface area (Å²) >= 11 is 0. The van der Waals surface area contributed by atoms with Crippen LogP contribution in [-0.2, 0) is 17.8 Å². The zero-order chi connectivity index (χ0) is 19.0. The van der Waals surface area contributed by atoms with Crippen LogP contribution in [0, 0.1) is 0 Å². The molecular formula is C20H14F2O5. The van der Waals surface area contributed by atoms with Gasteiger partial charge >= 0.3 is 5.97 Å². The first-order valence-corrected chi connectivity index (χ1v) is 8.18. The highest BCUT2D eigenvalue weighted by atomic mass is 19.3. The first kappa shape index (κ1) is 17.1. The van der Waals surface area contributed by atoms with Crippen LogP contribution in [0.4, 0.5) is 8.78 Å². The van der Waals surface area contributed by atoms with E-state index in [2.05, 4.69) is 0 Å². The van der Waals surface area contributed by atoms with Crippen LogP contribution in [0.15, 0.2) is 57.1 Å². The van der Waals surface area contributed by atoms with Crippen molar-refractivity contribution in [2.75, 3.05) is 0 Å². The van der Waals surface area contributed by atoms with E-state index in [0.717, 1.165) is 22.6 Å². The molecule has 1 N–H and O–H groups in total. The number of carboxylic acid groups (broad SMARTS) is 1. The van der Waals surface area contributed by atoms with Gasteiger partial charge in [-0.05, 0) is 24.6 Å². The van der Waals surface area contributed by atoms with Crippen LogP contribution in [0.5, 0.6) is 0 Å². The molecule has 2 heterocycles. The maximum absolute atomic E-state index is 13.1. The quantitative estimate of drug-likeness (QED) is 0.655. The molecule has 0 unspecified atom stereocenters. The molecule has 0 saturated heterocycles. The van der Waals surface area contributed by atoms with Crippen molar-refractivity contribution >= 4 is 23.0 Å². The Morgan fingerprint density at radius 3 is 2.85 bits per heavy atom. The number of halogens is 2. The van der Waals surface area contributed by atoms with Gasteiger partial charge in [0, 0.05) is 22.6 Å². The van der Waals surface area contributed by atoms with Crippen LogP contribution in [0.3, 0.4) is 0 Å². The van der Waals surface area contributed by atoms with Gasteiger partial charge in [0.15, 0.2) is 5.76 Å². The van der Waals surface area contributed by atoms with Crippen molar-refractivity contribution in [1.29, 1.82) is 0 Å². The summed E-state index contributed by atoms with van der Waals surface area (Å²) in [6, 6.07) is 8.71. The van der Waals surface area contributed by atoms with E-state index in [9.17, 15) is 13.6 Å². The predicted molar refractivity (Wildman–Crippen MR) is 92.4 cm³/mol. The highest BCUT2D eigenvalue weighted by Crippen LogP contribution is 2.31. The molecular weight excluding hydrogens is 358 g/mol. The van der Waals surface area contributed by atoms with Gasteiger partial charge in [-0.3, -0.25) is 0 Å². The average Bonchev–Trinajstić information content (AvgIpc) is 3.16. The van der Waals surface area contributed by atoms with Gasteiger partial charge in [-0.15, -0.1) is 0 Å². The number of alkyl halides is 2. The van der Waals surface area contributed by atoms with Crippen molar-refractivity contribution < 1.29 is 32.3 Å². The van der Waals surface area contributed by atoms with Gasteiger partial charge in [0.1, 0.15) is 23.7 Å². The van der Waals surface area contributed by atoms with Gasteiger partial charge < -0.3 is 18.7 Å². The van der Waals surface area contributed by atoms with E-state index in [1.165, 1.54) is 0 Å². The predicted octanol–water partition coefficient (Wildman–Crippen LogP) is 5.33. The summed E-state index contributed by atoms with van der Waals surface area (Å²) in [6.07, 6.45) is 3.03. The van der Waals surface area contributed by atoms with Crippen LogP contribution < -0.4 is 0 Å². The van der Waals surface area contributed by atoms with E-state index in [1.807, 2.05) is 30.3 Å². The lowest BCUT2D eigenvalue weighted by Crippen LogP contribution is -1.95. The van der Waals surface area contributed by atoms with E-state index in [1.54, 1.807) is 12.2 Å². The lowest BCUT2D eigenvalue weighted by molar-refractivity contribution is 0.0643. The Bertz CT molecular complexity index is 1070. The lowest BCUT2D eigenvalue weighted by Gasteiger charge is -2.06. The molecule has 27 heavy (non-hydrogen) atoms. The zero-order valence-corrected chi connectivity index (χ0v) is 13.9. The summed E-state index contributed by atoms with van der Waals surface area (Å²) in [7, 11) is 0. The summed E-state index contributed by atoms with van der Waals surface area (Å²) < 4.78 is 42.3. The van der Waals surface area contributed by atoms with Gasteiger partial charge in [-0.2, -0.15) is 0 Å². The first-order valence-electron chi connectivity index (χ1n) is 8.18. The summed E-state index contributed by atoms with van der Waals surface area (Å²) in [5, 5.41) is 9.93. The number of ether oxygens (including phenoxy) is 1. The molecule has 7 heteroatoms. The molecule has 0 bridgehead atoms. The Balaban J connectivity index is 1.61. The number of furan rings is 2. The Hall–Kier alpha value is -3.35. The molecule has 0 aliphatic heterocycles. The second-order valence-corrected chi connectivity index (χ2v) is 5.99. The van der Waals surface area contributed by atoms with E-state index in [-0.39, 0.29) is 12.2 Å². The maximum Gasteiger partial charge on any atom is 0.371 e. The number of carbonyl (C=O) groups is 1. The molecule has 5 nitrogen and oxygen atoms in total. The normalized spacial score (nSPS) is 13.5. The molecule has 3 aromatic rings. The molecule has 138 valence electrons. The molecule has 2 aromatic heterocycles. The number of hydrogen-bond donors (Lipinski definition) is 1. The number of carboxylic acids is 1. The van der Waals surface area contributed by atoms with Crippen molar-refractivity contribution in [2.24, 2.45) is 0 Å².